The molecule has 0 saturated heterocycles. The van der Waals surface area contributed by atoms with Crippen LogP contribution in [0.3, 0.4) is 0 Å². The second kappa shape index (κ2) is 6.19. The van der Waals surface area contributed by atoms with Gasteiger partial charge < -0.3 is 0 Å². The van der Waals surface area contributed by atoms with E-state index in [0.29, 0.717) is 5.02 Å². The summed E-state index contributed by atoms with van der Waals surface area (Å²) in [7, 11) is 0. The topological polar surface area (TPSA) is 25.8 Å². The maximum absolute atomic E-state index is 6.12. The van der Waals surface area contributed by atoms with E-state index in [2.05, 4.69) is 30.7 Å². The van der Waals surface area contributed by atoms with Gasteiger partial charge in [-0.25, -0.2) is 9.97 Å². The third-order valence-electron chi connectivity index (χ3n) is 2.96. The van der Waals surface area contributed by atoms with Gasteiger partial charge in [-0.05, 0) is 6.42 Å². The van der Waals surface area contributed by atoms with E-state index >= 15 is 0 Å². The maximum atomic E-state index is 6.12. The molecule has 0 radical (unpaired) electrons. The van der Waals surface area contributed by atoms with Crippen molar-refractivity contribution in [2.45, 2.75) is 58.3 Å². The molecule has 0 aliphatic heterocycles. The first-order valence-corrected chi connectivity index (χ1v) is 6.41. The van der Waals surface area contributed by atoms with Crippen LogP contribution in [0, 0.1) is 0 Å². The Morgan fingerprint density at radius 2 is 2.00 bits per heavy atom. The van der Waals surface area contributed by atoms with Crippen LogP contribution in [0.1, 0.15) is 58.6 Å². The van der Waals surface area contributed by atoms with Gasteiger partial charge in [-0.15, -0.1) is 0 Å². The van der Waals surface area contributed by atoms with Gasteiger partial charge in [-0.3, -0.25) is 0 Å². The normalized spacial score (nSPS) is 11.8. The van der Waals surface area contributed by atoms with Crippen LogP contribution in [-0.4, -0.2) is 9.97 Å². The van der Waals surface area contributed by atoms with Crippen molar-refractivity contribution in [1.82, 2.24) is 9.97 Å². The fraction of sp³-hybridized carbons (Fsp3) is 0.692. The van der Waals surface area contributed by atoms with Crippen LogP contribution in [0.4, 0.5) is 0 Å². The zero-order valence-electron chi connectivity index (χ0n) is 10.5. The van der Waals surface area contributed by atoms with Crippen LogP contribution in [0.15, 0.2) is 12.5 Å². The first-order chi connectivity index (χ1) is 7.58. The van der Waals surface area contributed by atoms with E-state index in [1.807, 2.05) is 0 Å². The quantitative estimate of drug-likeness (QED) is 0.690. The summed E-state index contributed by atoms with van der Waals surface area (Å²) in [5.41, 5.74) is 1.02. The van der Waals surface area contributed by atoms with Gasteiger partial charge in [0.05, 0.1) is 10.7 Å². The minimum absolute atomic E-state index is 0.0494. The summed E-state index contributed by atoms with van der Waals surface area (Å²) in [6.45, 7) is 6.63. The average molecular weight is 241 g/mol. The summed E-state index contributed by atoms with van der Waals surface area (Å²) >= 11 is 6.12. The largest absolute Gasteiger partial charge is 0.243 e. The highest BCUT2D eigenvalue weighted by Gasteiger charge is 2.24. The van der Waals surface area contributed by atoms with Crippen LogP contribution >= 0.6 is 11.6 Å². The molecule has 3 heteroatoms. The number of nitrogens with zero attached hydrogens (tertiary/aromatic N) is 2. The second-order valence-corrected chi connectivity index (χ2v) is 5.32. The fourth-order valence-corrected chi connectivity index (χ4v) is 2.28. The number of unbranched alkanes of at least 4 members (excludes halogenated alkanes) is 3. The Bertz CT molecular complexity index is 323. The number of halogens is 1. The van der Waals surface area contributed by atoms with Gasteiger partial charge in [0.25, 0.3) is 0 Å². The highest BCUT2D eigenvalue weighted by molar-refractivity contribution is 6.31. The second-order valence-electron chi connectivity index (χ2n) is 4.91. The molecule has 0 saturated carbocycles. The average Bonchev–Trinajstić information content (AvgIpc) is 2.25. The van der Waals surface area contributed by atoms with Crippen LogP contribution in [-0.2, 0) is 5.41 Å². The Balaban J connectivity index is 2.59. The molecule has 0 aliphatic carbocycles. The smallest absolute Gasteiger partial charge is 0.115 e. The Morgan fingerprint density at radius 1 is 1.25 bits per heavy atom. The Morgan fingerprint density at radius 3 is 2.62 bits per heavy atom. The van der Waals surface area contributed by atoms with Crippen LogP contribution < -0.4 is 0 Å². The predicted molar refractivity (Wildman–Crippen MR) is 68.8 cm³/mol. The van der Waals surface area contributed by atoms with Crippen molar-refractivity contribution >= 4 is 11.6 Å². The van der Waals surface area contributed by atoms with E-state index in [4.69, 9.17) is 11.6 Å². The third kappa shape index (κ3) is 3.75. The van der Waals surface area contributed by atoms with Crippen molar-refractivity contribution in [3.8, 4) is 0 Å². The Labute approximate surface area is 103 Å². The molecular formula is C13H21ClN2. The number of hydrogen-bond acceptors (Lipinski definition) is 2. The summed E-state index contributed by atoms with van der Waals surface area (Å²) < 4.78 is 0. The lowest BCUT2D eigenvalue weighted by Crippen LogP contribution is -2.19. The first-order valence-electron chi connectivity index (χ1n) is 6.04. The van der Waals surface area contributed by atoms with Crippen LogP contribution in [0.5, 0.6) is 0 Å². The van der Waals surface area contributed by atoms with Gasteiger partial charge >= 0.3 is 0 Å². The minimum atomic E-state index is 0.0494. The molecule has 0 unspecified atom stereocenters. The molecule has 1 aromatic rings. The molecule has 90 valence electrons. The number of aromatic nitrogens is 2. The van der Waals surface area contributed by atoms with Gasteiger partial charge in [0, 0.05) is 11.6 Å². The highest BCUT2D eigenvalue weighted by atomic mass is 35.5. The molecule has 0 spiro atoms. The zero-order chi connectivity index (χ0) is 12.0. The lowest BCUT2D eigenvalue weighted by Gasteiger charge is -2.24. The number of hydrogen-bond donors (Lipinski definition) is 0. The standard InChI is InChI=1S/C13H21ClN2/c1-4-5-6-7-8-13(2,3)12-11(14)9-15-10-16-12/h9-10H,4-8H2,1-3H3. The van der Waals surface area contributed by atoms with Crippen molar-refractivity contribution in [3.63, 3.8) is 0 Å². The Kier molecular flexibility index (Phi) is 5.20. The molecule has 0 bridgehead atoms. The molecule has 2 nitrogen and oxygen atoms in total. The molecule has 1 aromatic heterocycles. The zero-order valence-corrected chi connectivity index (χ0v) is 11.2. The van der Waals surface area contributed by atoms with Gasteiger partial charge in [0.15, 0.2) is 0 Å². The molecule has 1 heterocycles. The van der Waals surface area contributed by atoms with E-state index in [9.17, 15) is 0 Å². The van der Waals surface area contributed by atoms with Gasteiger partial charge in [-0.1, -0.05) is 58.1 Å². The van der Waals surface area contributed by atoms with E-state index in [1.165, 1.54) is 25.7 Å². The van der Waals surface area contributed by atoms with Crippen molar-refractivity contribution < 1.29 is 0 Å². The molecular weight excluding hydrogens is 220 g/mol. The van der Waals surface area contributed by atoms with Gasteiger partial charge in [-0.2, -0.15) is 0 Å². The van der Waals surface area contributed by atoms with Crippen molar-refractivity contribution in [2.75, 3.05) is 0 Å². The van der Waals surface area contributed by atoms with Crippen LogP contribution in [0.2, 0.25) is 5.02 Å². The fourth-order valence-electron chi connectivity index (χ4n) is 1.92. The van der Waals surface area contributed by atoms with Gasteiger partial charge in [0.1, 0.15) is 6.33 Å². The summed E-state index contributed by atoms with van der Waals surface area (Å²) in [4.78, 5) is 8.23. The molecule has 0 aromatic carbocycles. The van der Waals surface area contributed by atoms with E-state index < -0.39 is 0 Å². The highest BCUT2D eigenvalue weighted by Crippen LogP contribution is 2.31. The predicted octanol–water partition coefficient (Wildman–Crippen LogP) is 4.38. The summed E-state index contributed by atoms with van der Waals surface area (Å²) in [6, 6.07) is 0. The molecule has 0 fully saturated rings. The molecule has 16 heavy (non-hydrogen) atoms. The van der Waals surface area contributed by atoms with Gasteiger partial charge in [0.2, 0.25) is 0 Å². The molecule has 1 rings (SSSR count). The summed E-state index contributed by atoms with van der Waals surface area (Å²) in [6.07, 6.45) is 9.50. The van der Waals surface area contributed by atoms with Crippen molar-refractivity contribution in [2.24, 2.45) is 0 Å². The lowest BCUT2D eigenvalue weighted by molar-refractivity contribution is 0.434. The Hall–Kier alpha value is -0.630. The lowest BCUT2D eigenvalue weighted by atomic mass is 9.83. The SMILES string of the molecule is CCCCCCC(C)(C)c1ncncc1Cl. The number of rotatable bonds is 6. The van der Waals surface area contributed by atoms with Crippen LogP contribution in [0.25, 0.3) is 0 Å². The molecule has 0 N–H and O–H groups in total. The molecule has 0 atom stereocenters. The maximum Gasteiger partial charge on any atom is 0.115 e. The monoisotopic (exact) mass is 240 g/mol. The molecule has 0 amide bonds. The first kappa shape index (κ1) is 13.4. The summed E-state index contributed by atoms with van der Waals surface area (Å²) in [5, 5.41) is 0.683. The summed E-state index contributed by atoms with van der Waals surface area (Å²) in [5.74, 6) is 0. The van der Waals surface area contributed by atoms with E-state index in [0.717, 1.165) is 12.1 Å². The minimum Gasteiger partial charge on any atom is -0.243 e. The molecule has 0 aliphatic rings. The van der Waals surface area contributed by atoms with E-state index in [-0.39, 0.29) is 5.41 Å². The van der Waals surface area contributed by atoms with Crippen molar-refractivity contribution in [1.29, 1.82) is 0 Å². The third-order valence-corrected chi connectivity index (χ3v) is 3.24. The van der Waals surface area contributed by atoms with Crippen molar-refractivity contribution in [3.05, 3.63) is 23.2 Å². The van der Waals surface area contributed by atoms with E-state index in [1.54, 1.807) is 12.5 Å².